The van der Waals surface area contributed by atoms with Crippen molar-refractivity contribution < 1.29 is 4.79 Å². The summed E-state index contributed by atoms with van der Waals surface area (Å²) in [6.45, 7) is 7.45. The van der Waals surface area contributed by atoms with Crippen LogP contribution in [0.25, 0.3) is 11.3 Å². The fraction of sp³-hybridized carbons (Fsp3) is 0.375. The van der Waals surface area contributed by atoms with Gasteiger partial charge in [-0.15, -0.1) is 0 Å². The van der Waals surface area contributed by atoms with Crippen LogP contribution in [0.5, 0.6) is 0 Å². The molecule has 162 valence electrons. The molecule has 3 heterocycles. The number of imidazole rings is 1. The van der Waals surface area contributed by atoms with Gasteiger partial charge in [0.15, 0.2) is 0 Å². The van der Waals surface area contributed by atoms with E-state index in [2.05, 4.69) is 16.0 Å². The van der Waals surface area contributed by atoms with Gasteiger partial charge in [-0.05, 0) is 68.9 Å². The van der Waals surface area contributed by atoms with Gasteiger partial charge in [-0.25, -0.2) is 10.8 Å². The summed E-state index contributed by atoms with van der Waals surface area (Å²) in [5.41, 5.74) is 5.95. The van der Waals surface area contributed by atoms with E-state index in [1.807, 2.05) is 56.1 Å². The number of hydrogen-bond donors (Lipinski definition) is 3. The molecule has 2 aliphatic heterocycles. The molecule has 2 aromatic rings. The number of nitrogens with zero attached hydrogens (tertiary/aromatic N) is 3. The first kappa shape index (κ1) is 21.1. The third-order valence-electron chi connectivity index (χ3n) is 6.31. The lowest BCUT2D eigenvalue weighted by molar-refractivity contribution is 0.0702. The summed E-state index contributed by atoms with van der Waals surface area (Å²) in [7, 11) is 0. The quantitative estimate of drug-likeness (QED) is 0.522. The van der Waals surface area contributed by atoms with E-state index >= 15 is 0 Å². The minimum absolute atomic E-state index is 0.0725. The molecule has 1 unspecified atom stereocenters. The number of H-pyrrole nitrogens is 1. The number of carbonyl (C=O) groups excluding carboxylic acids is 1. The van der Waals surface area contributed by atoms with Gasteiger partial charge in [-0.2, -0.15) is 0 Å². The van der Waals surface area contributed by atoms with Crippen LogP contribution < -0.4 is 5.84 Å². The zero-order chi connectivity index (χ0) is 22.1. The van der Waals surface area contributed by atoms with E-state index in [0.717, 1.165) is 54.3 Å². The highest BCUT2D eigenvalue weighted by molar-refractivity contribution is 5.95. The normalized spacial score (nSPS) is 19.5. The summed E-state index contributed by atoms with van der Waals surface area (Å²) in [5, 5.41) is 9.07. The molecule has 1 aromatic carbocycles. The van der Waals surface area contributed by atoms with Crippen LogP contribution in [0.15, 0.2) is 42.1 Å². The van der Waals surface area contributed by atoms with Crippen LogP contribution in [0.3, 0.4) is 0 Å². The van der Waals surface area contributed by atoms with Gasteiger partial charge in [-0.1, -0.05) is 12.1 Å². The Morgan fingerprint density at radius 2 is 2.00 bits per heavy atom. The van der Waals surface area contributed by atoms with Crippen molar-refractivity contribution in [2.75, 3.05) is 13.1 Å². The molecule has 0 spiro atoms. The fourth-order valence-corrected chi connectivity index (χ4v) is 4.50. The number of aryl methyl sites for hydroxylation is 3. The third-order valence-corrected chi connectivity index (χ3v) is 6.31. The summed E-state index contributed by atoms with van der Waals surface area (Å²) in [6, 6.07) is 5.70. The molecule has 7 heteroatoms. The van der Waals surface area contributed by atoms with Crippen molar-refractivity contribution in [2.45, 2.75) is 39.7 Å². The van der Waals surface area contributed by atoms with Gasteiger partial charge in [-0.3, -0.25) is 4.79 Å². The number of hydrogen-bond acceptors (Lipinski definition) is 5. The molecule has 2 aliphatic rings. The predicted octanol–water partition coefficient (Wildman–Crippen LogP) is 3.50. The lowest BCUT2D eigenvalue weighted by atomic mass is 9.86. The van der Waals surface area contributed by atoms with Gasteiger partial charge in [0.05, 0.1) is 11.7 Å². The molecule has 0 bridgehead atoms. The summed E-state index contributed by atoms with van der Waals surface area (Å²) >= 11 is 0. The SMILES string of the molecule is Cc1nc(-c2cc(C(=O)N3CCC(C4=CC(C=N)N(N)C=C4)CC3)ccc2C)c(C)[nH]1. The van der Waals surface area contributed by atoms with E-state index in [1.54, 1.807) is 0 Å². The number of carbonyl (C=O) groups is 1. The van der Waals surface area contributed by atoms with E-state index in [9.17, 15) is 4.79 Å². The number of aromatic amines is 1. The smallest absolute Gasteiger partial charge is 0.253 e. The van der Waals surface area contributed by atoms with Crippen molar-refractivity contribution >= 4 is 12.1 Å². The number of amides is 1. The summed E-state index contributed by atoms with van der Waals surface area (Å²) in [4.78, 5) is 23.0. The molecule has 1 atom stereocenters. The molecule has 4 N–H and O–H groups in total. The predicted molar refractivity (Wildman–Crippen MR) is 123 cm³/mol. The van der Waals surface area contributed by atoms with Crippen molar-refractivity contribution in [2.24, 2.45) is 11.8 Å². The molecule has 4 rings (SSSR count). The Morgan fingerprint density at radius 3 is 2.65 bits per heavy atom. The van der Waals surface area contributed by atoms with Gasteiger partial charge >= 0.3 is 0 Å². The van der Waals surface area contributed by atoms with Gasteiger partial charge in [0.1, 0.15) is 5.82 Å². The van der Waals surface area contributed by atoms with Gasteiger partial charge in [0.25, 0.3) is 5.91 Å². The van der Waals surface area contributed by atoms with Crippen molar-refractivity contribution in [3.05, 3.63) is 64.8 Å². The average Bonchev–Trinajstić information content (AvgIpc) is 3.11. The maximum Gasteiger partial charge on any atom is 0.253 e. The van der Waals surface area contributed by atoms with Crippen LogP contribution in [0, 0.1) is 32.1 Å². The van der Waals surface area contributed by atoms with Crippen molar-refractivity contribution in [3.63, 3.8) is 0 Å². The van der Waals surface area contributed by atoms with Crippen molar-refractivity contribution in [1.82, 2.24) is 19.9 Å². The molecule has 0 radical (unpaired) electrons. The molecule has 1 aromatic heterocycles. The highest BCUT2D eigenvalue weighted by Gasteiger charge is 2.27. The Bertz CT molecular complexity index is 1060. The summed E-state index contributed by atoms with van der Waals surface area (Å²) in [6.07, 6.45) is 9.08. The number of aromatic nitrogens is 2. The molecule has 31 heavy (non-hydrogen) atoms. The van der Waals surface area contributed by atoms with E-state index in [1.165, 1.54) is 16.8 Å². The Morgan fingerprint density at radius 1 is 1.26 bits per heavy atom. The van der Waals surface area contributed by atoms with Crippen LogP contribution in [0.1, 0.15) is 40.3 Å². The van der Waals surface area contributed by atoms with Crippen LogP contribution >= 0.6 is 0 Å². The second-order valence-corrected chi connectivity index (χ2v) is 8.48. The minimum Gasteiger partial charge on any atom is -0.346 e. The van der Waals surface area contributed by atoms with Crippen LogP contribution in [0.2, 0.25) is 0 Å². The molecular weight excluding hydrogens is 388 g/mol. The summed E-state index contributed by atoms with van der Waals surface area (Å²) in [5.74, 6) is 7.21. The number of rotatable bonds is 4. The first-order valence-electron chi connectivity index (χ1n) is 10.7. The van der Waals surface area contributed by atoms with Crippen LogP contribution in [-0.2, 0) is 0 Å². The first-order chi connectivity index (χ1) is 14.9. The number of nitrogens with two attached hydrogens (primary N) is 1. The molecule has 0 saturated carbocycles. The maximum atomic E-state index is 13.2. The Hall–Kier alpha value is -3.19. The molecule has 0 aliphatic carbocycles. The van der Waals surface area contributed by atoms with Crippen LogP contribution in [0.4, 0.5) is 0 Å². The van der Waals surface area contributed by atoms with Gasteiger partial charge < -0.3 is 20.3 Å². The molecule has 1 fully saturated rings. The van der Waals surface area contributed by atoms with Crippen molar-refractivity contribution in [3.8, 4) is 11.3 Å². The number of benzene rings is 1. The average molecular weight is 419 g/mol. The highest BCUT2D eigenvalue weighted by Crippen LogP contribution is 2.30. The molecule has 7 nitrogen and oxygen atoms in total. The second kappa shape index (κ2) is 8.51. The summed E-state index contributed by atoms with van der Waals surface area (Å²) < 4.78 is 0. The minimum atomic E-state index is -0.195. The molecule has 1 amide bonds. The number of likely N-dealkylation sites (tertiary alicyclic amines) is 1. The molecule has 1 saturated heterocycles. The Balaban J connectivity index is 1.47. The number of nitrogens with one attached hydrogen (secondary N) is 2. The third kappa shape index (κ3) is 4.18. The van der Waals surface area contributed by atoms with E-state index < -0.39 is 0 Å². The topological polar surface area (TPSA) is 102 Å². The second-order valence-electron chi connectivity index (χ2n) is 8.48. The van der Waals surface area contributed by atoms with E-state index in [0.29, 0.717) is 11.5 Å². The molecular formula is C24H30N6O. The van der Waals surface area contributed by atoms with E-state index in [-0.39, 0.29) is 11.9 Å². The van der Waals surface area contributed by atoms with Crippen LogP contribution in [-0.4, -0.2) is 51.1 Å². The number of piperidine rings is 1. The van der Waals surface area contributed by atoms with Crippen molar-refractivity contribution in [1.29, 1.82) is 5.41 Å². The zero-order valence-electron chi connectivity index (χ0n) is 18.4. The largest absolute Gasteiger partial charge is 0.346 e. The monoisotopic (exact) mass is 418 g/mol. The van der Waals surface area contributed by atoms with Gasteiger partial charge in [0.2, 0.25) is 0 Å². The highest BCUT2D eigenvalue weighted by atomic mass is 16.2. The Kier molecular flexibility index (Phi) is 5.78. The Labute approximate surface area is 183 Å². The zero-order valence-corrected chi connectivity index (χ0v) is 18.4. The number of hydrazine groups is 1. The van der Waals surface area contributed by atoms with E-state index in [4.69, 9.17) is 11.3 Å². The standard InChI is InChI=1S/C24H30N6O/c1-15-4-5-20(13-22(15)23-16(2)27-17(3)28-23)24(31)29-9-6-18(7-10-29)19-8-11-30(26)21(12-19)14-25/h4-5,8,11-14,18,21,25H,6-7,9-10,26H2,1-3H3,(H,27,28). The van der Waals surface area contributed by atoms with Gasteiger partial charge in [0, 0.05) is 42.3 Å². The maximum absolute atomic E-state index is 13.2. The first-order valence-corrected chi connectivity index (χ1v) is 10.7. The lowest BCUT2D eigenvalue weighted by Gasteiger charge is -2.34. The lowest BCUT2D eigenvalue weighted by Crippen LogP contribution is -2.41. The number of allylic oxidation sites excluding steroid dienone is 2. The fourth-order valence-electron chi connectivity index (χ4n) is 4.50.